The van der Waals surface area contributed by atoms with Gasteiger partial charge in [0.1, 0.15) is 5.82 Å². The van der Waals surface area contributed by atoms with Crippen LogP contribution in [0.15, 0.2) is 18.2 Å². The van der Waals surface area contributed by atoms with Gasteiger partial charge in [-0.2, -0.15) is 0 Å². The molecule has 0 radical (unpaired) electrons. The minimum Gasteiger partial charge on any atom is -0.355 e. The number of carbonyl (C=O) groups is 1. The number of amides is 1. The number of aromatic nitrogens is 1. The molecule has 2 N–H and O–H groups in total. The maximum atomic E-state index is 13.0. The predicted molar refractivity (Wildman–Crippen MR) is 85.8 cm³/mol. The summed E-state index contributed by atoms with van der Waals surface area (Å²) in [5.74, 6) is -0.257. The van der Waals surface area contributed by atoms with Gasteiger partial charge in [-0.05, 0) is 55.7 Å². The number of benzene rings is 1. The molecule has 0 aliphatic rings. The van der Waals surface area contributed by atoms with Gasteiger partial charge in [-0.25, -0.2) is 4.39 Å². The van der Waals surface area contributed by atoms with Gasteiger partial charge in [-0.3, -0.25) is 4.79 Å². The molecule has 1 aromatic heterocycles. The van der Waals surface area contributed by atoms with E-state index >= 15 is 0 Å². The van der Waals surface area contributed by atoms with E-state index in [1.54, 1.807) is 6.07 Å². The fourth-order valence-electron chi connectivity index (χ4n) is 2.09. The number of aromatic amines is 1. The van der Waals surface area contributed by atoms with E-state index in [0.29, 0.717) is 23.3 Å². The summed E-state index contributed by atoms with van der Waals surface area (Å²) in [5, 5.41) is 2.88. The van der Waals surface area contributed by atoms with E-state index in [-0.39, 0.29) is 11.7 Å². The summed E-state index contributed by atoms with van der Waals surface area (Å²) in [6.07, 6.45) is 1.03. The molecule has 0 saturated heterocycles. The topological polar surface area (TPSA) is 44.9 Å². The highest BCUT2D eigenvalue weighted by atomic mass is 32.1. The Bertz CT molecular complexity index is 706. The van der Waals surface area contributed by atoms with Crippen molar-refractivity contribution in [2.24, 2.45) is 0 Å². The minimum absolute atomic E-state index is 0.0249. The molecule has 3 nitrogen and oxygen atoms in total. The van der Waals surface area contributed by atoms with Crippen LogP contribution in [0.2, 0.25) is 0 Å². The summed E-state index contributed by atoms with van der Waals surface area (Å²) in [5.41, 5.74) is 2.91. The SMILES string of the molecule is Cc1cc(F)ccc1CCNC(=O)Cc1sc(=S)[nH]c1C. The normalized spacial score (nSPS) is 10.6. The number of nitrogens with one attached hydrogen (secondary N) is 2. The maximum absolute atomic E-state index is 13.0. The number of hydrogen-bond donors (Lipinski definition) is 2. The smallest absolute Gasteiger partial charge is 0.225 e. The van der Waals surface area contributed by atoms with Gasteiger partial charge in [-0.15, -0.1) is 11.3 Å². The zero-order chi connectivity index (χ0) is 15.4. The van der Waals surface area contributed by atoms with Crippen LogP contribution in [0.5, 0.6) is 0 Å². The second kappa shape index (κ2) is 6.95. The van der Waals surface area contributed by atoms with Crippen LogP contribution in [-0.2, 0) is 17.6 Å². The zero-order valence-corrected chi connectivity index (χ0v) is 13.6. The van der Waals surface area contributed by atoms with Crippen molar-refractivity contribution in [2.75, 3.05) is 6.54 Å². The molecule has 0 spiro atoms. The van der Waals surface area contributed by atoms with Crippen molar-refractivity contribution in [3.8, 4) is 0 Å². The van der Waals surface area contributed by atoms with Crippen LogP contribution in [-0.4, -0.2) is 17.4 Å². The van der Waals surface area contributed by atoms with Crippen LogP contribution in [0, 0.1) is 23.6 Å². The molecule has 0 atom stereocenters. The summed E-state index contributed by atoms with van der Waals surface area (Å²) >= 11 is 6.48. The highest BCUT2D eigenvalue weighted by molar-refractivity contribution is 7.73. The lowest BCUT2D eigenvalue weighted by Gasteiger charge is -2.07. The van der Waals surface area contributed by atoms with Gasteiger partial charge < -0.3 is 10.3 Å². The van der Waals surface area contributed by atoms with E-state index in [9.17, 15) is 9.18 Å². The summed E-state index contributed by atoms with van der Waals surface area (Å²) in [6, 6.07) is 4.71. The Kier molecular flexibility index (Phi) is 5.25. The quantitative estimate of drug-likeness (QED) is 0.827. The number of H-pyrrole nitrogens is 1. The third-order valence-corrected chi connectivity index (χ3v) is 4.60. The number of hydrogen-bond acceptors (Lipinski definition) is 3. The van der Waals surface area contributed by atoms with Gasteiger partial charge in [0.05, 0.1) is 6.42 Å². The highest BCUT2D eigenvalue weighted by Gasteiger charge is 2.08. The van der Waals surface area contributed by atoms with Crippen LogP contribution in [0.3, 0.4) is 0 Å². The van der Waals surface area contributed by atoms with Crippen LogP contribution in [0.25, 0.3) is 0 Å². The van der Waals surface area contributed by atoms with E-state index in [4.69, 9.17) is 12.2 Å². The average Bonchev–Trinajstić information content (AvgIpc) is 2.70. The molecule has 0 bridgehead atoms. The monoisotopic (exact) mass is 324 g/mol. The van der Waals surface area contributed by atoms with Crippen molar-refractivity contribution in [2.45, 2.75) is 26.7 Å². The lowest BCUT2D eigenvalue weighted by atomic mass is 10.1. The fraction of sp³-hybridized carbons (Fsp3) is 0.333. The lowest BCUT2D eigenvalue weighted by molar-refractivity contribution is -0.120. The molecule has 0 aliphatic carbocycles. The zero-order valence-electron chi connectivity index (χ0n) is 12.0. The molecule has 1 heterocycles. The molecule has 6 heteroatoms. The molecule has 0 fully saturated rings. The van der Waals surface area contributed by atoms with Gasteiger partial charge in [0, 0.05) is 17.1 Å². The summed E-state index contributed by atoms with van der Waals surface area (Å²) in [7, 11) is 0. The first-order valence-electron chi connectivity index (χ1n) is 6.66. The average molecular weight is 324 g/mol. The summed E-state index contributed by atoms with van der Waals surface area (Å²) in [4.78, 5) is 15.9. The molecule has 1 aromatic carbocycles. The molecule has 1 amide bonds. The van der Waals surface area contributed by atoms with E-state index in [0.717, 1.165) is 21.7 Å². The van der Waals surface area contributed by atoms with Gasteiger partial charge in [-0.1, -0.05) is 6.07 Å². The third-order valence-electron chi connectivity index (χ3n) is 3.27. The van der Waals surface area contributed by atoms with Crippen molar-refractivity contribution in [1.29, 1.82) is 0 Å². The number of carbonyl (C=O) groups excluding carboxylic acids is 1. The van der Waals surface area contributed by atoms with Crippen molar-refractivity contribution in [1.82, 2.24) is 10.3 Å². The second-order valence-corrected chi connectivity index (χ2v) is 6.68. The van der Waals surface area contributed by atoms with Crippen molar-refractivity contribution < 1.29 is 9.18 Å². The molecular weight excluding hydrogens is 307 g/mol. The van der Waals surface area contributed by atoms with Crippen LogP contribution >= 0.6 is 23.6 Å². The first-order valence-corrected chi connectivity index (χ1v) is 7.88. The Labute approximate surface area is 132 Å². The molecular formula is C15H17FN2OS2. The van der Waals surface area contributed by atoms with Crippen molar-refractivity contribution in [3.05, 3.63) is 49.7 Å². The first kappa shape index (κ1) is 15.9. The summed E-state index contributed by atoms with van der Waals surface area (Å²) in [6.45, 7) is 4.33. The Morgan fingerprint density at radius 3 is 2.81 bits per heavy atom. The van der Waals surface area contributed by atoms with Gasteiger partial charge in [0.15, 0.2) is 3.95 Å². The van der Waals surface area contributed by atoms with Gasteiger partial charge >= 0.3 is 0 Å². The molecule has 21 heavy (non-hydrogen) atoms. The third kappa shape index (κ3) is 4.47. The van der Waals surface area contributed by atoms with Crippen molar-refractivity contribution >= 4 is 29.5 Å². The predicted octanol–water partition coefficient (Wildman–Crippen LogP) is 3.46. The molecule has 112 valence electrons. The standard InChI is InChI=1S/C15H17FN2OS2/c1-9-7-12(16)4-3-11(9)5-6-17-14(19)8-13-10(2)18-15(20)21-13/h3-4,7H,5-6,8H2,1-2H3,(H,17,19)(H,18,20). The van der Waals surface area contributed by atoms with E-state index < -0.39 is 0 Å². The van der Waals surface area contributed by atoms with Gasteiger partial charge in [0.25, 0.3) is 0 Å². The van der Waals surface area contributed by atoms with Crippen LogP contribution in [0.1, 0.15) is 21.7 Å². The Morgan fingerprint density at radius 1 is 1.43 bits per heavy atom. The largest absolute Gasteiger partial charge is 0.355 e. The molecule has 2 rings (SSSR count). The summed E-state index contributed by atoms with van der Waals surface area (Å²) < 4.78 is 13.7. The number of aryl methyl sites for hydroxylation is 2. The van der Waals surface area contributed by atoms with Crippen LogP contribution in [0.4, 0.5) is 4.39 Å². The Balaban J connectivity index is 1.84. The van der Waals surface area contributed by atoms with E-state index in [2.05, 4.69) is 10.3 Å². The molecule has 0 unspecified atom stereocenters. The highest BCUT2D eigenvalue weighted by Crippen LogP contribution is 2.15. The molecule has 2 aromatic rings. The van der Waals surface area contributed by atoms with Gasteiger partial charge in [0.2, 0.25) is 5.91 Å². The first-order chi connectivity index (χ1) is 9.95. The lowest BCUT2D eigenvalue weighted by Crippen LogP contribution is -2.27. The van der Waals surface area contributed by atoms with Crippen molar-refractivity contribution in [3.63, 3.8) is 0 Å². The second-order valence-electron chi connectivity index (χ2n) is 4.91. The molecule has 0 aliphatic heterocycles. The Hall–Kier alpha value is -1.53. The number of thiazole rings is 1. The molecule has 0 saturated carbocycles. The number of halogens is 1. The van der Waals surface area contributed by atoms with E-state index in [1.807, 2.05) is 13.8 Å². The minimum atomic E-state index is -0.232. The van der Waals surface area contributed by atoms with E-state index in [1.165, 1.54) is 23.5 Å². The fourth-order valence-corrected chi connectivity index (χ4v) is 3.38. The Morgan fingerprint density at radius 2 is 2.19 bits per heavy atom. The maximum Gasteiger partial charge on any atom is 0.225 e. The van der Waals surface area contributed by atoms with Crippen LogP contribution < -0.4 is 5.32 Å². The number of rotatable bonds is 5.